The Labute approximate surface area is 107 Å². The van der Waals surface area contributed by atoms with Crippen molar-refractivity contribution in [2.75, 3.05) is 0 Å². The van der Waals surface area contributed by atoms with Crippen molar-refractivity contribution in [2.45, 2.75) is 36.9 Å². The summed E-state index contributed by atoms with van der Waals surface area (Å²) < 4.78 is -1.33. The molecule has 0 atom stereocenters. The van der Waals surface area contributed by atoms with E-state index in [-0.39, 0.29) is 5.41 Å². The summed E-state index contributed by atoms with van der Waals surface area (Å²) in [6.07, 6.45) is 0.344. The Bertz CT molecular complexity index is 393. The molecule has 0 N–H and O–H groups in total. The summed E-state index contributed by atoms with van der Waals surface area (Å²) in [6.45, 7) is 6.47. The van der Waals surface area contributed by atoms with Crippen LogP contribution in [0.25, 0.3) is 0 Å². The lowest BCUT2D eigenvalue weighted by Gasteiger charge is -2.19. The van der Waals surface area contributed by atoms with E-state index in [1.165, 1.54) is 5.56 Å². The maximum absolute atomic E-state index is 8.73. The Morgan fingerprint density at radius 3 is 2.00 bits per heavy atom. The molecule has 0 radical (unpaired) electrons. The Hall–Kier alpha value is -0.710. The molecule has 0 unspecified atom stereocenters. The molecule has 1 rings (SSSR count). The molecule has 16 heavy (non-hydrogen) atoms. The standard InChI is InChI=1S/C13H15Cl2N/c1-12(2,3)11-6-4-10(5-7-11)8-13(14,15)9-16/h4-7H,8H2,1-3H3. The van der Waals surface area contributed by atoms with Gasteiger partial charge in [0, 0.05) is 6.42 Å². The minimum atomic E-state index is -1.33. The van der Waals surface area contributed by atoms with Gasteiger partial charge in [0.05, 0.1) is 0 Å². The zero-order chi connectivity index (χ0) is 12.4. The summed E-state index contributed by atoms with van der Waals surface area (Å²) in [5.74, 6) is 0. The van der Waals surface area contributed by atoms with Gasteiger partial charge in [-0.3, -0.25) is 0 Å². The third-order valence-corrected chi connectivity index (χ3v) is 2.85. The van der Waals surface area contributed by atoms with Gasteiger partial charge in [0.1, 0.15) is 6.07 Å². The molecule has 0 saturated carbocycles. The average molecular weight is 256 g/mol. The molecule has 0 saturated heterocycles. The number of nitriles is 1. The summed E-state index contributed by atoms with van der Waals surface area (Å²) in [5, 5.41) is 8.73. The molecule has 3 heteroatoms. The van der Waals surface area contributed by atoms with Gasteiger partial charge in [0.2, 0.25) is 4.33 Å². The SMILES string of the molecule is CC(C)(C)c1ccc(CC(Cl)(Cl)C#N)cc1. The Morgan fingerprint density at radius 1 is 1.12 bits per heavy atom. The molecule has 0 aliphatic rings. The minimum absolute atomic E-state index is 0.132. The van der Waals surface area contributed by atoms with Gasteiger partial charge in [-0.05, 0) is 16.5 Å². The second kappa shape index (κ2) is 4.65. The van der Waals surface area contributed by atoms with Crippen molar-refractivity contribution in [3.8, 4) is 6.07 Å². The van der Waals surface area contributed by atoms with Crippen LogP contribution in [0, 0.1) is 11.3 Å². The van der Waals surface area contributed by atoms with E-state index in [4.69, 9.17) is 28.5 Å². The van der Waals surface area contributed by atoms with E-state index in [0.717, 1.165) is 5.56 Å². The Kier molecular flexibility index (Phi) is 3.88. The smallest absolute Gasteiger partial charge is 0.195 e. The van der Waals surface area contributed by atoms with Gasteiger partial charge in [-0.1, -0.05) is 68.2 Å². The van der Waals surface area contributed by atoms with Crippen molar-refractivity contribution in [2.24, 2.45) is 0 Å². The van der Waals surface area contributed by atoms with E-state index in [2.05, 4.69) is 32.9 Å². The molecule has 0 spiro atoms. The van der Waals surface area contributed by atoms with Gasteiger partial charge in [0.25, 0.3) is 0 Å². The second-order valence-corrected chi connectivity index (χ2v) is 6.42. The van der Waals surface area contributed by atoms with Crippen LogP contribution >= 0.6 is 23.2 Å². The first-order chi connectivity index (χ1) is 7.24. The van der Waals surface area contributed by atoms with E-state index >= 15 is 0 Å². The molecular formula is C13H15Cl2N. The molecule has 0 aliphatic carbocycles. The zero-order valence-electron chi connectivity index (χ0n) is 9.72. The van der Waals surface area contributed by atoms with Crippen LogP contribution in [0.4, 0.5) is 0 Å². The summed E-state index contributed by atoms with van der Waals surface area (Å²) in [7, 11) is 0. The molecule has 1 aromatic rings. The molecular weight excluding hydrogens is 241 g/mol. The van der Waals surface area contributed by atoms with E-state index in [0.29, 0.717) is 6.42 Å². The van der Waals surface area contributed by atoms with Crippen LogP contribution in [0.1, 0.15) is 31.9 Å². The highest BCUT2D eigenvalue weighted by Crippen LogP contribution is 2.27. The molecule has 0 heterocycles. The molecule has 0 bridgehead atoms. The number of hydrogen-bond acceptors (Lipinski definition) is 1. The van der Waals surface area contributed by atoms with Crippen LogP contribution in [-0.4, -0.2) is 4.33 Å². The van der Waals surface area contributed by atoms with Gasteiger partial charge >= 0.3 is 0 Å². The number of nitrogens with zero attached hydrogens (tertiary/aromatic N) is 1. The van der Waals surface area contributed by atoms with Gasteiger partial charge < -0.3 is 0 Å². The summed E-state index contributed by atoms with van der Waals surface area (Å²) in [4.78, 5) is 0. The molecule has 1 nitrogen and oxygen atoms in total. The lowest BCUT2D eigenvalue weighted by atomic mass is 9.86. The van der Waals surface area contributed by atoms with Crippen LogP contribution in [-0.2, 0) is 11.8 Å². The zero-order valence-corrected chi connectivity index (χ0v) is 11.2. The summed E-state index contributed by atoms with van der Waals surface area (Å²) in [5.41, 5.74) is 2.36. The van der Waals surface area contributed by atoms with Crippen LogP contribution in [0.15, 0.2) is 24.3 Å². The van der Waals surface area contributed by atoms with Crippen LogP contribution in [0.5, 0.6) is 0 Å². The lowest BCUT2D eigenvalue weighted by molar-refractivity contribution is 0.590. The average Bonchev–Trinajstić information content (AvgIpc) is 2.16. The highest BCUT2D eigenvalue weighted by molar-refractivity contribution is 6.50. The number of benzene rings is 1. The third-order valence-electron chi connectivity index (χ3n) is 2.41. The molecule has 1 aromatic carbocycles. The Balaban J connectivity index is 2.85. The quantitative estimate of drug-likeness (QED) is 0.726. The van der Waals surface area contributed by atoms with Gasteiger partial charge in [0.15, 0.2) is 0 Å². The van der Waals surface area contributed by atoms with Crippen LogP contribution in [0.2, 0.25) is 0 Å². The monoisotopic (exact) mass is 255 g/mol. The van der Waals surface area contributed by atoms with Crippen molar-refractivity contribution in [1.29, 1.82) is 5.26 Å². The first-order valence-corrected chi connectivity index (χ1v) is 5.89. The molecule has 0 aromatic heterocycles. The summed E-state index contributed by atoms with van der Waals surface area (Å²) in [6, 6.07) is 9.91. The van der Waals surface area contributed by atoms with Crippen molar-refractivity contribution >= 4 is 23.2 Å². The topological polar surface area (TPSA) is 23.8 Å². The number of hydrogen-bond donors (Lipinski definition) is 0. The van der Waals surface area contributed by atoms with Crippen molar-refractivity contribution in [3.63, 3.8) is 0 Å². The third kappa shape index (κ3) is 3.70. The van der Waals surface area contributed by atoms with E-state index in [1.807, 2.05) is 18.2 Å². The van der Waals surface area contributed by atoms with Crippen LogP contribution in [0.3, 0.4) is 0 Å². The normalized spacial score (nSPS) is 12.2. The maximum Gasteiger partial charge on any atom is 0.207 e. The lowest BCUT2D eigenvalue weighted by Crippen LogP contribution is -2.14. The molecule has 0 amide bonds. The largest absolute Gasteiger partial charge is 0.207 e. The van der Waals surface area contributed by atoms with Crippen molar-refractivity contribution in [3.05, 3.63) is 35.4 Å². The minimum Gasteiger partial charge on any atom is -0.195 e. The highest BCUT2D eigenvalue weighted by Gasteiger charge is 2.23. The van der Waals surface area contributed by atoms with Crippen LogP contribution < -0.4 is 0 Å². The van der Waals surface area contributed by atoms with Gasteiger partial charge in [-0.15, -0.1) is 0 Å². The fourth-order valence-electron chi connectivity index (χ4n) is 1.42. The maximum atomic E-state index is 8.73. The molecule has 0 fully saturated rings. The molecule has 0 aliphatic heterocycles. The fourth-order valence-corrected chi connectivity index (χ4v) is 1.73. The Morgan fingerprint density at radius 2 is 1.62 bits per heavy atom. The van der Waals surface area contributed by atoms with Crippen molar-refractivity contribution < 1.29 is 0 Å². The van der Waals surface area contributed by atoms with Gasteiger partial charge in [-0.25, -0.2) is 0 Å². The predicted molar refractivity (Wildman–Crippen MR) is 68.9 cm³/mol. The van der Waals surface area contributed by atoms with E-state index in [1.54, 1.807) is 0 Å². The fraction of sp³-hybridized carbons (Fsp3) is 0.462. The van der Waals surface area contributed by atoms with Crippen molar-refractivity contribution in [1.82, 2.24) is 0 Å². The number of rotatable bonds is 2. The highest BCUT2D eigenvalue weighted by atomic mass is 35.5. The predicted octanol–water partition coefficient (Wildman–Crippen LogP) is 4.22. The van der Waals surface area contributed by atoms with E-state index in [9.17, 15) is 0 Å². The van der Waals surface area contributed by atoms with E-state index < -0.39 is 4.33 Å². The first kappa shape index (κ1) is 13.4. The number of alkyl halides is 2. The second-order valence-electron chi connectivity index (χ2n) is 4.94. The number of halogens is 2. The summed E-state index contributed by atoms with van der Waals surface area (Å²) >= 11 is 11.6. The first-order valence-electron chi connectivity index (χ1n) is 5.13. The van der Waals surface area contributed by atoms with Gasteiger partial charge in [-0.2, -0.15) is 5.26 Å². The molecule has 86 valence electrons.